The van der Waals surface area contributed by atoms with Crippen LogP contribution in [-0.4, -0.2) is 48.3 Å². The van der Waals surface area contributed by atoms with Gasteiger partial charge in [-0.15, -0.1) is 0 Å². The maximum Gasteiger partial charge on any atom is 0.317 e. The Morgan fingerprint density at radius 1 is 1.57 bits per heavy atom. The molecule has 0 bridgehead atoms. The molecule has 14 heavy (non-hydrogen) atoms. The Morgan fingerprint density at radius 2 is 2.36 bits per heavy atom. The number of carbonyl (C=O) groups is 1. The molecule has 82 valence electrons. The zero-order chi connectivity index (χ0) is 10.4. The van der Waals surface area contributed by atoms with Crippen molar-refractivity contribution in [2.75, 3.05) is 26.2 Å². The molecule has 0 saturated carbocycles. The molecule has 0 radical (unpaired) electrons. The molecular formula is C10H19NO3. The van der Waals surface area contributed by atoms with Crippen molar-refractivity contribution in [1.82, 2.24) is 4.90 Å². The average Bonchev–Trinajstić information content (AvgIpc) is 2.17. The van der Waals surface area contributed by atoms with Crippen LogP contribution in [0.15, 0.2) is 0 Å². The quantitative estimate of drug-likeness (QED) is 0.720. The maximum absolute atomic E-state index is 10.5. The first kappa shape index (κ1) is 11.5. The third kappa shape index (κ3) is 4.07. The van der Waals surface area contributed by atoms with Crippen molar-refractivity contribution in [3.05, 3.63) is 0 Å². The Morgan fingerprint density at radius 3 is 2.86 bits per heavy atom. The Kier molecular flexibility index (Phi) is 4.90. The van der Waals surface area contributed by atoms with E-state index in [4.69, 9.17) is 9.84 Å². The van der Waals surface area contributed by atoms with Gasteiger partial charge in [0.2, 0.25) is 0 Å². The lowest BCUT2D eigenvalue weighted by Gasteiger charge is -2.28. The predicted octanol–water partition coefficient (Wildman–Crippen LogP) is 0.962. The minimum Gasteiger partial charge on any atom is -0.480 e. The van der Waals surface area contributed by atoms with E-state index in [1.54, 1.807) is 0 Å². The van der Waals surface area contributed by atoms with Crippen molar-refractivity contribution in [3.63, 3.8) is 0 Å². The van der Waals surface area contributed by atoms with Crippen LogP contribution in [0.1, 0.15) is 26.2 Å². The first-order valence-corrected chi connectivity index (χ1v) is 5.28. The summed E-state index contributed by atoms with van der Waals surface area (Å²) < 4.78 is 5.56. The normalized spacial score (nSPS) is 22.6. The molecule has 0 aromatic carbocycles. The monoisotopic (exact) mass is 201 g/mol. The topological polar surface area (TPSA) is 49.8 Å². The lowest BCUT2D eigenvalue weighted by molar-refractivity contribution is -0.138. The Hall–Kier alpha value is -0.610. The Labute approximate surface area is 84.8 Å². The minimum absolute atomic E-state index is 0.121. The molecule has 1 aliphatic rings. The zero-order valence-electron chi connectivity index (χ0n) is 8.74. The van der Waals surface area contributed by atoms with E-state index < -0.39 is 5.97 Å². The fourth-order valence-electron chi connectivity index (χ4n) is 1.74. The van der Waals surface area contributed by atoms with Crippen molar-refractivity contribution < 1.29 is 14.6 Å². The van der Waals surface area contributed by atoms with E-state index in [2.05, 4.69) is 0 Å². The molecule has 0 spiro atoms. The van der Waals surface area contributed by atoms with Crippen molar-refractivity contribution in [2.24, 2.45) is 0 Å². The summed E-state index contributed by atoms with van der Waals surface area (Å²) in [4.78, 5) is 12.4. The van der Waals surface area contributed by atoms with Gasteiger partial charge in [0, 0.05) is 13.2 Å². The Balaban J connectivity index is 2.27. The van der Waals surface area contributed by atoms with E-state index in [0.29, 0.717) is 0 Å². The van der Waals surface area contributed by atoms with E-state index in [9.17, 15) is 4.79 Å². The molecule has 1 saturated heterocycles. The summed E-state index contributed by atoms with van der Waals surface area (Å²) in [7, 11) is 0. The lowest BCUT2D eigenvalue weighted by atomic mass is 10.1. The van der Waals surface area contributed by atoms with Crippen molar-refractivity contribution in [1.29, 1.82) is 0 Å². The summed E-state index contributed by atoms with van der Waals surface area (Å²) in [5.41, 5.74) is 0. The van der Waals surface area contributed by atoms with Gasteiger partial charge >= 0.3 is 5.97 Å². The molecule has 4 heteroatoms. The molecule has 4 nitrogen and oxygen atoms in total. The summed E-state index contributed by atoms with van der Waals surface area (Å²) in [6.07, 6.45) is 3.65. The van der Waals surface area contributed by atoms with E-state index in [-0.39, 0.29) is 12.6 Å². The summed E-state index contributed by atoms with van der Waals surface area (Å²) in [6, 6.07) is 0. The fraction of sp³-hybridized carbons (Fsp3) is 0.900. The molecule has 1 heterocycles. The second-order valence-electron chi connectivity index (χ2n) is 3.71. The molecule has 0 aromatic heterocycles. The summed E-state index contributed by atoms with van der Waals surface area (Å²) in [5.74, 6) is -0.761. The first-order chi connectivity index (χ1) is 6.72. The average molecular weight is 201 g/mol. The van der Waals surface area contributed by atoms with Crippen LogP contribution in [0.2, 0.25) is 0 Å². The van der Waals surface area contributed by atoms with Crippen molar-refractivity contribution in [3.8, 4) is 0 Å². The van der Waals surface area contributed by atoms with Gasteiger partial charge in [0.1, 0.15) is 0 Å². The van der Waals surface area contributed by atoms with Gasteiger partial charge in [-0.3, -0.25) is 9.69 Å². The smallest absolute Gasteiger partial charge is 0.317 e. The third-order valence-electron chi connectivity index (χ3n) is 2.54. The number of aliphatic carboxylic acids is 1. The highest BCUT2D eigenvalue weighted by Crippen LogP contribution is 2.13. The largest absolute Gasteiger partial charge is 0.480 e. The molecule has 1 N–H and O–H groups in total. The van der Waals surface area contributed by atoms with Gasteiger partial charge in [-0.2, -0.15) is 0 Å². The predicted molar refractivity (Wildman–Crippen MR) is 53.3 cm³/mol. The second-order valence-corrected chi connectivity index (χ2v) is 3.71. The molecular weight excluding hydrogens is 182 g/mol. The highest BCUT2D eigenvalue weighted by Gasteiger charge is 2.18. The number of ether oxygens (including phenoxy) is 1. The SMILES string of the molecule is CCN(CC(=O)O)CC1CCCCO1. The van der Waals surface area contributed by atoms with E-state index in [0.717, 1.165) is 32.5 Å². The van der Waals surface area contributed by atoms with Crippen LogP contribution in [0.4, 0.5) is 0 Å². The number of hydrogen-bond acceptors (Lipinski definition) is 3. The number of carboxylic acids is 1. The van der Waals surface area contributed by atoms with Gasteiger partial charge in [-0.05, 0) is 25.8 Å². The van der Waals surface area contributed by atoms with Crippen LogP contribution in [0.5, 0.6) is 0 Å². The summed E-state index contributed by atoms with van der Waals surface area (Å²) in [5, 5.41) is 8.66. The van der Waals surface area contributed by atoms with E-state index in [1.165, 1.54) is 6.42 Å². The van der Waals surface area contributed by atoms with Crippen LogP contribution in [0.25, 0.3) is 0 Å². The van der Waals surface area contributed by atoms with E-state index in [1.807, 2.05) is 11.8 Å². The molecule has 0 aromatic rings. The number of nitrogens with zero attached hydrogens (tertiary/aromatic N) is 1. The van der Waals surface area contributed by atoms with E-state index >= 15 is 0 Å². The summed E-state index contributed by atoms with van der Waals surface area (Å²) in [6.45, 7) is 4.45. The highest BCUT2D eigenvalue weighted by atomic mass is 16.5. The standard InChI is InChI=1S/C10H19NO3/c1-2-11(8-10(12)13)7-9-5-3-4-6-14-9/h9H,2-8H2,1H3,(H,12,13). The van der Waals surface area contributed by atoms with Gasteiger partial charge in [0.25, 0.3) is 0 Å². The van der Waals surface area contributed by atoms with Gasteiger partial charge in [0.05, 0.1) is 12.6 Å². The van der Waals surface area contributed by atoms with Crippen LogP contribution in [0.3, 0.4) is 0 Å². The second kappa shape index (κ2) is 5.98. The van der Waals surface area contributed by atoms with Gasteiger partial charge in [-0.1, -0.05) is 6.92 Å². The number of likely N-dealkylation sites (N-methyl/N-ethyl adjacent to an activating group) is 1. The van der Waals surface area contributed by atoms with Gasteiger partial charge in [-0.25, -0.2) is 0 Å². The van der Waals surface area contributed by atoms with Crippen molar-refractivity contribution >= 4 is 5.97 Å². The molecule has 1 fully saturated rings. The fourth-order valence-corrected chi connectivity index (χ4v) is 1.74. The van der Waals surface area contributed by atoms with Gasteiger partial charge < -0.3 is 9.84 Å². The van der Waals surface area contributed by atoms with Crippen LogP contribution in [-0.2, 0) is 9.53 Å². The minimum atomic E-state index is -0.761. The zero-order valence-corrected chi connectivity index (χ0v) is 8.74. The first-order valence-electron chi connectivity index (χ1n) is 5.28. The number of carboxylic acid groups (broad SMARTS) is 1. The molecule has 0 amide bonds. The Bertz CT molecular complexity index is 178. The van der Waals surface area contributed by atoms with Crippen molar-refractivity contribution in [2.45, 2.75) is 32.3 Å². The summed E-state index contributed by atoms with van der Waals surface area (Å²) >= 11 is 0. The third-order valence-corrected chi connectivity index (χ3v) is 2.54. The molecule has 0 aliphatic carbocycles. The van der Waals surface area contributed by atoms with Crippen LogP contribution < -0.4 is 0 Å². The van der Waals surface area contributed by atoms with Crippen LogP contribution in [0, 0.1) is 0 Å². The highest BCUT2D eigenvalue weighted by molar-refractivity contribution is 5.69. The number of hydrogen-bond donors (Lipinski definition) is 1. The molecule has 1 rings (SSSR count). The van der Waals surface area contributed by atoms with Gasteiger partial charge in [0.15, 0.2) is 0 Å². The molecule has 1 atom stereocenters. The molecule has 1 unspecified atom stereocenters. The number of rotatable bonds is 5. The molecule has 1 aliphatic heterocycles. The lowest BCUT2D eigenvalue weighted by Crippen LogP contribution is -2.38. The van der Waals surface area contributed by atoms with Crippen LogP contribution >= 0.6 is 0 Å². The maximum atomic E-state index is 10.5.